The maximum absolute atomic E-state index is 12.1. The van der Waals surface area contributed by atoms with Crippen molar-refractivity contribution in [3.05, 3.63) is 78.1 Å². The fraction of sp³-hybridized carbons (Fsp3) is 0.227. The van der Waals surface area contributed by atoms with Gasteiger partial charge in [0.05, 0.1) is 6.54 Å². The molecular formula is C22H25N5O3. The molecule has 8 heteroatoms. The number of likely N-dealkylation sites (N-methyl/N-ethyl adjacent to an activating group) is 1. The van der Waals surface area contributed by atoms with E-state index in [0.29, 0.717) is 31.1 Å². The average molecular weight is 407 g/mol. The first kappa shape index (κ1) is 20.9. The number of nitrogens with one attached hydrogen (secondary N) is 3. The predicted molar refractivity (Wildman–Crippen MR) is 114 cm³/mol. The minimum absolute atomic E-state index is 0.0398. The summed E-state index contributed by atoms with van der Waals surface area (Å²) in [6.07, 6.45) is 3.67. The zero-order valence-corrected chi connectivity index (χ0v) is 16.8. The van der Waals surface area contributed by atoms with Gasteiger partial charge in [0.25, 0.3) is 5.91 Å². The molecule has 156 valence electrons. The summed E-state index contributed by atoms with van der Waals surface area (Å²) in [5, 5.41) is 12.4. The number of aromatic nitrogens is 2. The van der Waals surface area contributed by atoms with Crippen molar-refractivity contribution in [2.75, 3.05) is 18.5 Å². The molecule has 0 bridgehead atoms. The Labute approximate surface area is 175 Å². The molecule has 1 heterocycles. The van der Waals surface area contributed by atoms with Gasteiger partial charge in [-0.15, -0.1) is 0 Å². The lowest BCUT2D eigenvalue weighted by molar-refractivity contribution is -0.122. The molecule has 0 saturated heterocycles. The maximum atomic E-state index is 12.1. The summed E-state index contributed by atoms with van der Waals surface area (Å²) < 4.78 is 7.24. The predicted octanol–water partition coefficient (Wildman–Crippen LogP) is 2.77. The highest BCUT2D eigenvalue weighted by Crippen LogP contribution is 2.15. The number of hydrogen-bond acceptors (Lipinski definition) is 4. The van der Waals surface area contributed by atoms with Gasteiger partial charge in [0.15, 0.2) is 6.61 Å². The lowest BCUT2D eigenvalue weighted by atomic mass is 10.1. The lowest BCUT2D eigenvalue weighted by Crippen LogP contribution is -2.28. The Balaban J connectivity index is 1.41. The van der Waals surface area contributed by atoms with Crippen molar-refractivity contribution in [1.82, 2.24) is 20.4 Å². The Morgan fingerprint density at radius 1 is 1.00 bits per heavy atom. The second-order valence-electron chi connectivity index (χ2n) is 6.59. The number of hydrogen-bond donors (Lipinski definition) is 3. The Morgan fingerprint density at radius 2 is 1.73 bits per heavy atom. The number of rotatable bonds is 9. The van der Waals surface area contributed by atoms with Crippen LogP contribution in [0.15, 0.2) is 67.0 Å². The SMILES string of the molecule is CCNC(=O)COc1ccc(NC(=O)NCc2ccc(Cn3cccn3)cc2)cc1. The first-order valence-electron chi connectivity index (χ1n) is 9.72. The van der Waals surface area contributed by atoms with Crippen LogP contribution in [0.25, 0.3) is 0 Å². The smallest absolute Gasteiger partial charge is 0.319 e. The molecule has 3 aromatic rings. The molecule has 3 N–H and O–H groups in total. The van der Waals surface area contributed by atoms with Crippen molar-refractivity contribution >= 4 is 17.6 Å². The third-order valence-electron chi connectivity index (χ3n) is 4.24. The highest BCUT2D eigenvalue weighted by molar-refractivity contribution is 5.89. The lowest BCUT2D eigenvalue weighted by Gasteiger charge is -2.10. The Kier molecular flexibility index (Phi) is 7.43. The monoisotopic (exact) mass is 407 g/mol. The average Bonchev–Trinajstić information content (AvgIpc) is 3.26. The number of anilines is 1. The normalized spacial score (nSPS) is 10.3. The molecule has 0 radical (unpaired) electrons. The van der Waals surface area contributed by atoms with Crippen LogP contribution in [0.1, 0.15) is 18.1 Å². The summed E-state index contributed by atoms with van der Waals surface area (Å²) in [5.41, 5.74) is 2.78. The van der Waals surface area contributed by atoms with Crippen LogP contribution in [-0.2, 0) is 17.9 Å². The molecule has 8 nitrogen and oxygen atoms in total. The van der Waals surface area contributed by atoms with Gasteiger partial charge >= 0.3 is 6.03 Å². The van der Waals surface area contributed by atoms with E-state index in [2.05, 4.69) is 21.0 Å². The van der Waals surface area contributed by atoms with Gasteiger partial charge in [-0.3, -0.25) is 9.48 Å². The van der Waals surface area contributed by atoms with Crippen LogP contribution in [0, 0.1) is 0 Å². The van der Waals surface area contributed by atoms with Gasteiger partial charge in [0.1, 0.15) is 5.75 Å². The van der Waals surface area contributed by atoms with Crippen molar-refractivity contribution in [3.63, 3.8) is 0 Å². The number of ether oxygens (including phenoxy) is 1. The van der Waals surface area contributed by atoms with Crippen molar-refractivity contribution in [1.29, 1.82) is 0 Å². The van der Waals surface area contributed by atoms with Crippen molar-refractivity contribution in [3.8, 4) is 5.75 Å². The molecule has 0 fully saturated rings. The van der Waals surface area contributed by atoms with E-state index in [1.165, 1.54) is 0 Å². The number of carbonyl (C=O) groups excluding carboxylic acids is 2. The summed E-state index contributed by atoms with van der Waals surface area (Å²) in [6.45, 7) is 3.50. The largest absolute Gasteiger partial charge is 0.484 e. The van der Waals surface area contributed by atoms with Crippen LogP contribution < -0.4 is 20.7 Å². The molecular weight excluding hydrogens is 382 g/mol. The molecule has 0 aliphatic carbocycles. The third kappa shape index (κ3) is 6.66. The van der Waals surface area contributed by atoms with Gasteiger partial charge in [-0.2, -0.15) is 5.10 Å². The minimum atomic E-state index is -0.299. The molecule has 1 aromatic heterocycles. The maximum Gasteiger partial charge on any atom is 0.319 e. The number of carbonyl (C=O) groups is 2. The Bertz CT molecular complexity index is 938. The van der Waals surface area contributed by atoms with Crippen molar-refractivity contribution < 1.29 is 14.3 Å². The molecule has 0 spiro atoms. The van der Waals surface area contributed by atoms with E-state index >= 15 is 0 Å². The van der Waals surface area contributed by atoms with E-state index in [1.54, 1.807) is 30.5 Å². The molecule has 3 rings (SSSR count). The summed E-state index contributed by atoms with van der Waals surface area (Å²) in [5.74, 6) is 0.385. The topological polar surface area (TPSA) is 97.3 Å². The van der Waals surface area contributed by atoms with Crippen LogP contribution in [0.3, 0.4) is 0 Å². The van der Waals surface area contributed by atoms with E-state index in [-0.39, 0.29) is 18.5 Å². The fourth-order valence-electron chi connectivity index (χ4n) is 2.73. The van der Waals surface area contributed by atoms with E-state index in [0.717, 1.165) is 11.1 Å². The van der Waals surface area contributed by atoms with Gasteiger partial charge in [-0.05, 0) is 48.4 Å². The van der Waals surface area contributed by atoms with Gasteiger partial charge < -0.3 is 20.7 Å². The fourth-order valence-corrected chi connectivity index (χ4v) is 2.73. The van der Waals surface area contributed by atoms with Crippen LogP contribution in [0.4, 0.5) is 10.5 Å². The number of benzene rings is 2. The zero-order chi connectivity index (χ0) is 21.2. The van der Waals surface area contributed by atoms with E-state index in [1.807, 2.05) is 48.1 Å². The summed E-state index contributed by atoms with van der Waals surface area (Å²) in [4.78, 5) is 23.5. The molecule has 30 heavy (non-hydrogen) atoms. The van der Waals surface area contributed by atoms with Crippen LogP contribution >= 0.6 is 0 Å². The number of urea groups is 1. The first-order chi connectivity index (χ1) is 14.6. The highest BCUT2D eigenvalue weighted by Gasteiger charge is 2.04. The second kappa shape index (κ2) is 10.7. The summed E-state index contributed by atoms with van der Waals surface area (Å²) in [7, 11) is 0. The number of amides is 3. The molecule has 2 aromatic carbocycles. The van der Waals surface area contributed by atoms with Gasteiger partial charge in [-0.25, -0.2) is 4.79 Å². The van der Waals surface area contributed by atoms with Gasteiger partial charge in [0, 0.05) is 31.2 Å². The van der Waals surface area contributed by atoms with E-state index < -0.39 is 0 Å². The van der Waals surface area contributed by atoms with E-state index in [4.69, 9.17) is 4.74 Å². The Hall–Kier alpha value is -3.81. The first-order valence-corrected chi connectivity index (χ1v) is 9.72. The molecule has 0 atom stereocenters. The quantitative estimate of drug-likeness (QED) is 0.508. The number of nitrogens with zero attached hydrogens (tertiary/aromatic N) is 2. The summed E-state index contributed by atoms with van der Waals surface area (Å²) in [6, 6.07) is 16.5. The van der Waals surface area contributed by atoms with Crippen molar-refractivity contribution in [2.45, 2.75) is 20.0 Å². The van der Waals surface area contributed by atoms with Gasteiger partial charge in [0.2, 0.25) is 0 Å². The molecule has 0 aliphatic heterocycles. The summed E-state index contributed by atoms with van der Waals surface area (Å²) >= 11 is 0. The molecule has 0 aliphatic rings. The molecule has 0 unspecified atom stereocenters. The zero-order valence-electron chi connectivity index (χ0n) is 16.8. The van der Waals surface area contributed by atoms with Crippen LogP contribution in [0.5, 0.6) is 5.75 Å². The van der Waals surface area contributed by atoms with Crippen molar-refractivity contribution in [2.24, 2.45) is 0 Å². The Morgan fingerprint density at radius 3 is 2.40 bits per heavy atom. The molecule has 0 saturated carbocycles. The van der Waals surface area contributed by atoms with Crippen LogP contribution in [-0.4, -0.2) is 34.9 Å². The third-order valence-corrected chi connectivity index (χ3v) is 4.24. The van der Waals surface area contributed by atoms with Crippen LogP contribution in [0.2, 0.25) is 0 Å². The molecule has 3 amide bonds. The van der Waals surface area contributed by atoms with Gasteiger partial charge in [-0.1, -0.05) is 24.3 Å². The van der Waals surface area contributed by atoms with E-state index in [9.17, 15) is 9.59 Å². The standard InChI is InChI=1S/C22H25N5O3/c1-2-23-21(28)16-30-20-10-8-19(9-11-20)26-22(29)24-14-17-4-6-18(7-5-17)15-27-13-3-12-25-27/h3-13H,2,14-16H2,1H3,(H,23,28)(H2,24,26,29). The minimum Gasteiger partial charge on any atom is -0.484 e. The highest BCUT2D eigenvalue weighted by atomic mass is 16.5. The second-order valence-corrected chi connectivity index (χ2v) is 6.59.